The van der Waals surface area contributed by atoms with Gasteiger partial charge < -0.3 is 13.6 Å². The fraction of sp³-hybridized carbons (Fsp3) is 0. The smallest absolute Gasteiger partial charge is 0.143 e. The van der Waals surface area contributed by atoms with Gasteiger partial charge in [-0.05, 0) is 59.5 Å². The van der Waals surface area contributed by atoms with Crippen molar-refractivity contribution in [1.82, 2.24) is 9.13 Å². The summed E-state index contributed by atoms with van der Waals surface area (Å²) in [5, 5.41) is 9.84. The summed E-state index contributed by atoms with van der Waals surface area (Å²) in [7, 11) is 0. The molecular formula is C46H28N2O. The summed E-state index contributed by atoms with van der Waals surface area (Å²) in [5.74, 6) is 0. The molecule has 0 bridgehead atoms. The quantitative estimate of drug-likeness (QED) is 0.192. The van der Waals surface area contributed by atoms with Crippen LogP contribution < -0.4 is 0 Å². The van der Waals surface area contributed by atoms with E-state index >= 15 is 0 Å². The molecule has 0 radical (unpaired) electrons. The van der Waals surface area contributed by atoms with Crippen LogP contribution >= 0.6 is 0 Å². The summed E-state index contributed by atoms with van der Waals surface area (Å²) >= 11 is 0. The molecule has 0 saturated heterocycles. The number of aromatic nitrogens is 2. The molecule has 0 aliphatic rings. The molecule has 3 aromatic heterocycles. The van der Waals surface area contributed by atoms with Gasteiger partial charge in [0.2, 0.25) is 0 Å². The van der Waals surface area contributed by atoms with Crippen molar-refractivity contribution in [2.24, 2.45) is 0 Å². The molecule has 228 valence electrons. The van der Waals surface area contributed by atoms with Gasteiger partial charge in [0.05, 0.1) is 22.1 Å². The Bertz CT molecular complexity index is 3090. The minimum Gasteiger partial charge on any atom is -0.455 e. The molecule has 0 saturated carbocycles. The minimum atomic E-state index is 0.916. The lowest BCUT2D eigenvalue weighted by Crippen LogP contribution is -1.95. The van der Waals surface area contributed by atoms with E-state index in [1.165, 1.54) is 60.1 Å². The summed E-state index contributed by atoms with van der Waals surface area (Å²) < 4.78 is 11.2. The molecule has 0 aliphatic heterocycles. The number of para-hydroxylation sites is 5. The molecule has 0 unspecified atom stereocenters. The van der Waals surface area contributed by atoms with Crippen LogP contribution in [0.1, 0.15) is 0 Å². The Morgan fingerprint density at radius 3 is 1.80 bits per heavy atom. The maximum absolute atomic E-state index is 6.39. The molecule has 0 N–H and O–H groups in total. The average molecular weight is 625 g/mol. The number of fused-ring (bicyclic) bond motifs is 12. The Morgan fingerprint density at radius 1 is 0.347 bits per heavy atom. The molecule has 3 heterocycles. The number of rotatable bonds is 3. The van der Waals surface area contributed by atoms with Gasteiger partial charge in [-0.3, -0.25) is 0 Å². The van der Waals surface area contributed by atoms with Crippen LogP contribution in [0.4, 0.5) is 0 Å². The van der Waals surface area contributed by atoms with Gasteiger partial charge in [-0.25, -0.2) is 0 Å². The normalized spacial score (nSPS) is 12.1. The molecule has 0 fully saturated rings. The lowest BCUT2D eigenvalue weighted by atomic mass is 10.0. The molecule has 0 amide bonds. The maximum Gasteiger partial charge on any atom is 0.143 e. The standard InChI is InChI=1S/C46H28N2O/c1-2-11-30(12-3-1)47-41-19-8-5-15-39(41)44-35-25-26-36-33-13-4-7-18-40(33)48(45(36)37(35)27-28-42(44)47)31-23-21-29(22-24-31)32-16-10-17-38-34-14-6-9-20-43(34)49-46(32)38/h1-28H. The van der Waals surface area contributed by atoms with E-state index in [0.29, 0.717) is 0 Å². The average Bonchev–Trinajstić information content (AvgIpc) is 3.83. The van der Waals surface area contributed by atoms with Crippen LogP contribution in [0.2, 0.25) is 0 Å². The molecule has 0 spiro atoms. The van der Waals surface area contributed by atoms with Crippen molar-refractivity contribution >= 4 is 76.3 Å². The van der Waals surface area contributed by atoms with Gasteiger partial charge in [-0.15, -0.1) is 0 Å². The van der Waals surface area contributed by atoms with Crippen LogP contribution in [-0.2, 0) is 0 Å². The molecule has 11 aromatic rings. The molecule has 8 aromatic carbocycles. The summed E-state index contributed by atoms with van der Waals surface area (Å²) in [4.78, 5) is 0. The first-order valence-corrected chi connectivity index (χ1v) is 16.8. The van der Waals surface area contributed by atoms with Crippen molar-refractivity contribution in [2.45, 2.75) is 0 Å². The molecule has 0 aliphatic carbocycles. The van der Waals surface area contributed by atoms with E-state index in [1.54, 1.807) is 0 Å². The third kappa shape index (κ3) is 3.67. The van der Waals surface area contributed by atoms with Crippen molar-refractivity contribution in [3.63, 3.8) is 0 Å². The molecular weight excluding hydrogens is 597 g/mol. The zero-order valence-electron chi connectivity index (χ0n) is 26.5. The molecule has 49 heavy (non-hydrogen) atoms. The molecule has 3 nitrogen and oxygen atoms in total. The van der Waals surface area contributed by atoms with Crippen molar-refractivity contribution < 1.29 is 4.42 Å². The Hall–Kier alpha value is -6.58. The Kier molecular flexibility index (Phi) is 5.38. The van der Waals surface area contributed by atoms with Gasteiger partial charge in [-0.2, -0.15) is 0 Å². The van der Waals surface area contributed by atoms with E-state index in [1.807, 2.05) is 12.1 Å². The van der Waals surface area contributed by atoms with Crippen LogP contribution in [0.5, 0.6) is 0 Å². The molecule has 11 rings (SSSR count). The van der Waals surface area contributed by atoms with Crippen molar-refractivity contribution in [3.8, 4) is 22.5 Å². The maximum atomic E-state index is 6.39. The second-order valence-corrected chi connectivity index (χ2v) is 12.9. The highest BCUT2D eigenvalue weighted by Crippen LogP contribution is 2.43. The number of nitrogens with zero attached hydrogens (tertiary/aromatic N) is 2. The van der Waals surface area contributed by atoms with E-state index in [-0.39, 0.29) is 0 Å². The summed E-state index contributed by atoms with van der Waals surface area (Å²) in [6.45, 7) is 0. The predicted molar refractivity (Wildman–Crippen MR) is 205 cm³/mol. The van der Waals surface area contributed by atoms with Gasteiger partial charge in [0.25, 0.3) is 0 Å². The van der Waals surface area contributed by atoms with Crippen molar-refractivity contribution in [1.29, 1.82) is 0 Å². The highest BCUT2D eigenvalue weighted by atomic mass is 16.3. The first-order chi connectivity index (χ1) is 24.3. The lowest BCUT2D eigenvalue weighted by Gasteiger charge is -2.12. The Morgan fingerprint density at radius 2 is 0.959 bits per heavy atom. The Balaban J connectivity index is 1.17. The second kappa shape index (κ2) is 9.96. The van der Waals surface area contributed by atoms with Gasteiger partial charge in [-0.1, -0.05) is 121 Å². The Labute approximate surface area is 281 Å². The van der Waals surface area contributed by atoms with Gasteiger partial charge in [0, 0.05) is 54.6 Å². The third-order valence-electron chi connectivity index (χ3n) is 10.3. The third-order valence-corrected chi connectivity index (χ3v) is 10.3. The fourth-order valence-corrected chi connectivity index (χ4v) is 8.22. The minimum absolute atomic E-state index is 0.916. The van der Waals surface area contributed by atoms with Crippen LogP contribution in [-0.4, -0.2) is 9.13 Å². The lowest BCUT2D eigenvalue weighted by molar-refractivity contribution is 0.670. The van der Waals surface area contributed by atoms with Crippen LogP contribution in [0.3, 0.4) is 0 Å². The SMILES string of the molecule is c1ccc(-n2c3ccccc3c3c4ccc5c6ccccc6n(-c6ccc(-c7cccc8c7oc7ccccc78)cc6)c5c4ccc32)cc1. The summed E-state index contributed by atoms with van der Waals surface area (Å²) in [6.07, 6.45) is 0. The first kappa shape index (κ1) is 26.5. The molecule has 0 atom stereocenters. The van der Waals surface area contributed by atoms with Crippen LogP contribution in [0, 0.1) is 0 Å². The van der Waals surface area contributed by atoms with E-state index in [2.05, 4.69) is 167 Å². The van der Waals surface area contributed by atoms with Crippen molar-refractivity contribution in [2.75, 3.05) is 0 Å². The van der Waals surface area contributed by atoms with Gasteiger partial charge in [0.1, 0.15) is 11.2 Å². The predicted octanol–water partition coefficient (Wildman–Crippen LogP) is 12.6. The van der Waals surface area contributed by atoms with Crippen LogP contribution in [0.15, 0.2) is 174 Å². The van der Waals surface area contributed by atoms with E-state index < -0.39 is 0 Å². The highest BCUT2D eigenvalue weighted by Gasteiger charge is 2.20. The van der Waals surface area contributed by atoms with E-state index in [4.69, 9.17) is 4.42 Å². The number of furan rings is 1. The zero-order valence-corrected chi connectivity index (χ0v) is 26.5. The summed E-state index contributed by atoms with van der Waals surface area (Å²) in [6, 6.07) is 61.2. The second-order valence-electron chi connectivity index (χ2n) is 12.9. The monoisotopic (exact) mass is 624 g/mol. The van der Waals surface area contributed by atoms with Crippen molar-refractivity contribution in [3.05, 3.63) is 170 Å². The number of benzene rings is 8. The van der Waals surface area contributed by atoms with E-state index in [0.717, 1.165) is 38.8 Å². The van der Waals surface area contributed by atoms with Crippen LogP contribution in [0.25, 0.3) is 98.8 Å². The van der Waals surface area contributed by atoms with Gasteiger partial charge >= 0.3 is 0 Å². The van der Waals surface area contributed by atoms with Gasteiger partial charge in [0.15, 0.2) is 0 Å². The highest BCUT2D eigenvalue weighted by molar-refractivity contribution is 6.28. The largest absolute Gasteiger partial charge is 0.455 e. The fourth-order valence-electron chi connectivity index (χ4n) is 8.22. The molecule has 3 heteroatoms. The summed E-state index contributed by atoms with van der Waals surface area (Å²) in [5.41, 5.74) is 11.2. The topological polar surface area (TPSA) is 23.0 Å². The van der Waals surface area contributed by atoms with E-state index in [9.17, 15) is 0 Å². The number of hydrogen-bond donors (Lipinski definition) is 0. The first-order valence-electron chi connectivity index (χ1n) is 16.8. The number of hydrogen-bond acceptors (Lipinski definition) is 1. The zero-order chi connectivity index (χ0) is 32.1.